The Labute approximate surface area is 97.6 Å². The second-order valence-corrected chi connectivity index (χ2v) is 3.79. The van der Waals surface area contributed by atoms with Crippen LogP contribution in [0.15, 0.2) is 6.20 Å². The van der Waals surface area contributed by atoms with E-state index in [1.165, 1.54) is 0 Å². The molecule has 0 aliphatic carbocycles. The molecule has 0 unspecified atom stereocenters. The average molecular weight is 328 g/mol. The summed E-state index contributed by atoms with van der Waals surface area (Å²) in [5.74, 6) is -1.19. The van der Waals surface area contributed by atoms with Crippen molar-refractivity contribution in [3.05, 3.63) is 21.0 Å². The Kier molecular flexibility index (Phi) is 3.77. The Hall–Kier alpha value is -0.990. The SMILES string of the molecule is Nc1cnc(I)c(CC(=O)O)c1C(F)F. The predicted octanol–water partition coefficient (Wildman–Crippen LogP) is 1.83. The number of hydrogen-bond acceptors (Lipinski definition) is 3. The van der Waals surface area contributed by atoms with Crippen LogP contribution in [0, 0.1) is 3.70 Å². The average Bonchev–Trinajstić information content (AvgIpc) is 2.10. The summed E-state index contributed by atoms with van der Waals surface area (Å²) in [6.07, 6.45) is -2.19. The summed E-state index contributed by atoms with van der Waals surface area (Å²) >= 11 is 1.71. The number of nitrogens with zero attached hydrogens (tertiary/aromatic N) is 1. The minimum atomic E-state index is -2.80. The summed E-state index contributed by atoms with van der Waals surface area (Å²) < 4.78 is 25.5. The van der Waals surface area contributed by atoms with Crippen molar-refractivity contribution < 1.29 is 18.7 Å². The maximum atomic E-state index is 12.6. The number of hydrogen-bond donors (Lipinski definition) is 2. The van der Waals surface area contributed by atoms with Gasteiger partial charge >= 0.3 is 5.97 Å². The van der Waals surface area contributed by atoms with Gasteiger partial charge in [-0.05, 0) is 22.6 Å². The van der Waals surface area contributed by atoms with Crippen molar-refractivity contribution >= 4 is 34.2 Å². The number of carbonyl (C=O) groups is 1. The van der Waals surface area contributed by atoms with E-state index in [0.29, 0.717) is 0 Å². The van der Waals surface area contributed by atoms with Crippen molar-refractivity contribution in [2.45, 2.75) is 12.8 Å². The summed E-state index contributed by atoms with van der Waals surface area (Å²) in [5.41, 5.74) is 4.70. The van der Waals surface area contributed by atoms with E-state index in [1.807, 2.05) is 0 Å². The van der Waals surface area contributed by atoms with Gasteiger partial charge in [0, 0.05) is 11.1 Å². The van der Waals surface area contributed by atoms with E-state index in [1.54, 1.807) is 22.6 Å². The summed E-state index contributed by atoms with van der Waals surface area (Å²) in [5, 5.41) is 8.57. The minimum absolute atomic E-state index is 0.0156. The first-order chi connectivity index (χ1) is 6.93. The fourth-order valence-electron chi connectivity index (χ4n) is 1.14. The van der Waals surface area contributed by atoms with Crippen molar-refractivity contribution in [2.75, 3.05) is 5.73 Å². The molecule has 4 nitrogen and oxygen atoms in total. The fourth-order valence-corrected chi connectivity index (χ4v) is 1.76. The van der Waals surface area contributed by atoms with Gasteiger partial charge in [-0.3, -0.25) is 4.79 Å². The van der Waals surface area contributed by atoms with E-state index in [9.17, 15) is 13.6 Å². The molecule has 0 radical (unpaired) electrons. The minimum Gasteiger partial charge on any atom is -0.481 e. The van der Waals surface area contributed by atoms with E-state index < -0.39 is 24.4 Å². The molecule has 7 heteroatoms. The van der Waals surface area contributed by atoms with E-state index in [-0.39, 0.29) is 15.0 Å². The highest BCUT2D eigenvalue weighted by Gasteiger charge is 2.21. The summed E-state index contributed by atoms with van der Waals surface area (Å²) in [6.45, 7) is 0. The predicted molar refractivity (Wildman–Crippen MR) is 57.7 cm³/mol. The number of rotatable bonds is 3. The van der Waals surface area contributed by atoms with Crippen molar-refractivity contribution in [2.24, 2.45) is 0 Å². The Balaban J connectivity index is 3.31. The number of nitrogen functional groups attached to an aromatic ring is 1. The van der Waals surface area contributed by atoms with E-state index in [4.69, 9.17) is 10.8 Å². The monoisotopic (exact) mass is 328 g/mol. The van der Waals surface area contributed by atoms with Crippen molar-refractivity contribution in [1.82, 2.24) is 4.98 Å². The van der Waals surface area contributed by atoms with Crippen LogP contribution in [0.2, 0.25) is 0 Å². The zero-order valence-electron chi connectivity index (χ0n) is 7.38. The number of carboxylic acid groups (broad SMARTS) is 1. The molecule has 1 heterocycles. The van der Waals surface area contributed by atoms with Gasteiger partial charge < -0.3 is 10.8 Å². The quantitative estimate of drug-likeness (QED) is 0.656. The second kappa shape index (κ2) is 4.69. The van der Waals surface area contributed by atoms with Crippen molar-refractivity contribution in [3.63, 3.8) is 0 Å². The van der Waals surface area contributed by atoms with Gasteiger partial charge in [0.05, 0.1) is 18.3 Å². The smallest absolute Gasteiger partial charge is 0.307 e. The summed E-state index contributed by atoms with van der Waals surface area (Å²) in [7, 11) is 0. The molecule has 0 saturated carbocycles. The van der Waals surface area contributed by atoms with Crippen LogP contribution >= 0.6 is 22.6 Å². The van der Waals surface area contributed by atoms with Gasteiger partial charge in [-0.1, -0.05) is 0 Å². The van der Waals surface area contributed by atoms with Crippen LogP contribution < -0.4 is 5.73 Å². The number of carboxylic acids is 1. The standard InChI is InChI=1S/C8H7F2IN2O2/c9-7(10)6-3(1-5(14)15)8(11)13-2-4(6)12/h2,7H,1,12H2,(H,14,15). The zero-order valence-corrected chi connectivity index (χ0v) is 9.53. The first kappa shape index (κ1) is 12.1. The van der Waals surface area contributed by atoms with Crippen molar-refractivity contribution in [1.29, 1.82) is 0 Å². The Morgan fingerprint density at radius 3 is 2.73 bits per heavy atom. The van der Waals surface area contributed by atoms with Gasteiger partial charge in [0.2, 0.25) is 0 Å². The van der Waals surface area contributed by atoms with Crippen molar-refractivity contribution in [3.8, 4) is 0 Å². The third kappa shape index (κ3) is 2.74. The van der Waals surface area contributed by atoms with Crippen LogP contribution in [0.3, 0.4) is 0 Å². The number of aliphatic carboxylic acids is 1. The maximum absolute atomic E-state index is 12.6. The molecule has 1 rings (SSSR count). The first-order valence-electron chi connectivity index (χ1n) is 3.86. The molecule has 0 bridgehead atoms. The summed E-state index contributed by atoms with van der Waals surface area (Å²) in [6, 6.07) is 0. The molecule has 0 aromatic carbocycles. The molecule has 15 heavy (non-hydrogen) atoms. The first-order valence-corrected chi connectivity index (χ1v) is 4.94. The molecule has 0 amide bonds. The highest BCUT2D eigenvalue weighted by molar-refractivity contribution is 14.1. The fraction of sp³-hybridized carbons (Fsp3) is 0.250. The van der Waals surface area contributed by atoms with Crippen LogP contribution in [0.4, 0.5) is 14.5 Å². The van der Waals surface area contributed by atoms with Crippen LogP contribution in [0.25, 0.3) is 0 Å². The molecule has 0 fully saturated rings. The molecule has 0 atom stereocenters. The number of alkyl halides is 2. The second-order valence-electron chi connectivity index (χ2n) is 2.77. The third-order valence-electron chi connectivity index (χ3n) is 1.75. The number of anilines is 1. The highest BCUT2D eigenvalue weighted by atomic mass is 127. The summed E-state index contributed by atoms with van der Waals surface area (Å²) in [4.78, 5) is 14.2. The topological polar surface area (TPSA) is 76.2 Å². The van der Waals surface area contributed by atoms with Gasteiger partial charge in [0.1, 0.15) is 3.70 Å². The molecule has 0 aliphatic heterocycles. The molecular formula is C8H7F2IN2O2. The van der Waals surface area contributed by atoms with E-state index in [0.717, 1.165) is 6.20 Å². The molecule has 0 spiro atoms. The number of pyridine rings is 1. The molecule has 0 saturated heterocycles. The van der Waals surface area contributed by atoms with Gasteiger partial charge in [-0.15, -0.1) is 0 Å². The van der Waals surface area contributed by atoms with Crippen LogP contribution in [-0.4, -0.2) is 16.1 Å². The number of nitrogens with two attached hydrogens (primary N) is 1. The Bertz CT molecular complexity index is 398. The molecule has 1 aromatic heterocycles. The van der Waals surface area contributed by atoms with E-state index in [2.05, 4.69) is 4.98 Å². The lowest BCUT2D eigenvalue weighted by Crippen LogP contribution is -2.10. The van der Waals surface area contributed by atoms with Crippen LogP contribution in [-0.2, 0) is 11.2 Å². The Morgan fingerprint density at radius 1 is 1.67 bits per heavy atom. The lowest BCUT2D eigenvalue weighted by molar-refractivity contribution is -0.136. The normalized spacial score (nSPS) is 10.7. The third-order valence-corrected chi connectivity index (χ3v) is 2.68. The van der Waals surface area contributed by atoms with Gasteiger partial charge in [0.25, 0.3) is 6.43 Å². The lowest BCUT2D eigenvalue weighted by Gasteiger charge is -2.11. The van der Waals surface area contributed by atoms with Gasteiger partial charge in [-0.2, -0.15) is 0 Å². The van der Waals surface area contributed by atoms with Crippen LogP contribution in [0.5, 0.6) is 0 Å². The van der Waals surface area contributed by atoms with Gasteiger partial charge in [-0.25, -0.2) is 13.8 Å². The molecule has 1 aromatic rings. The molecule has 3 N–H and O–H groups in total. The van der Waals surface area contributed by atoms with Crippen LogP contribution in [0.1, 0.15) is 17.6 Å². The Morgan fingerprint density at radius 2 is 2.27 bits per heavy atom. The van der Waals surface area contributed by atoms with Gasteiger partial charge in [0.15, 0.2) is 0 Å². The maximum Gasteiger partial charge on any atom is 0.307 e. The number of halogens is 3. The van der Waals surface area contributed by atoms with E-state index >= 15 is 0 Å². The zero-order chi connectivity index (χ0) is 11.6. The number of aromatic nitrogens is 1. The molecular weight excluding hydrogens is 321 g/mol. The highest BCUT2D eigenvalue weighted by Crippen LogP contribution is 2.30. The molecule has 82 valence electrons. The largest absolute Gasteiger partial charge is 0.481 e. The lowest BCUT2D eigenvalue weighted by atomic mass is 10.1. The molecule has 0 aliphatic rings.